The van der Waals surface area contributed by atoms with Gasteiger partial charge in [0.05, 0.1) is 0 Å². The molecule has 2 rings (SSSR count). The zero-order chi connectivity index (χ0) is 14.5. The van der Waals surface area contributed by atoms with Crippen molar-refractivity contribution < 1.29 is 0 Å². The Morgan fingerprint density at radius 2 is 1.15 bits per heavy atom. The van der Waals surface area contributed by atoms with E-state index >= 15 is 0 Å². The quantitative estimate of drug-likeness (QED) is 0.679. The van der Waals surface area contributed by atoms with Crippen LogP contribution in [0.15, 0.2) is 49.6 Å². The van der Waals surface area contributed by atoms with Gasteiger partial charge in [-0.2, -0.15) is 0 Å². The van der Waals surface area contributed by atoms with E-state index in [4.69, 9.17) is 0 Å². The fraction of sp³-hybridized carbons (Fsp3) is 0.200. The van der Waals surface area contributed by atoms with Crippen LogP contribution in [0.3, 0.4) is 0 Å². The summed E-state index contributed by atoms with van der Waals surface area (Å²) in [5.74, 6) is 0. The second kappa shape index (κ2) is 6.38. The van der Waals surface area contributed by atoms with E-state index in [9.17, 15) is 0 Å². The summed E-state index contributed by atoms with van der Waals surface area (Å²) in [6, 6.07) is 12.9. The van der Waals surface area contributed by atoms with Crippen molar-refractivity contribution in [1.29, 1.82) is 0 Å². The molecule has 0 radical (unpaired) electrons. The highest BCUT2D eigenvalue weighted by Gasteiger charge is 2.06. The summed E-state index contributed by atoms with van der Waals surface area (Å²) in [7, 11) is 0. The van der Waals surface area contributed by atoms with E-state index in [2.05, 4.69) is 63.4 Å². The molecule has 0 fully saturated rings. The van der Waals surface area contributed by atoms with Crippen LogP contribution in [0.4, 0.5) is 0 Å². The Kier molecular flexibility index (Phi) is 4.57. The third kappa shape index (κ3) is 2.91. The highest BCUT2D eigenvalue weighted by molar-refractivity contribution is 5.58. The van der Waals surface area contributed by atoms with Gasteiger partial charge in [0.2, 0.25) is 0 Å². The molecule has 0 spiro atoms. The average molecular weight is 262 g/mol. The van der Waals surface area contributed by atoms with Crippen LogP contribution in [0.5, 0.6) is 0 Å². The van der Waals surface area contributed by atoms with E-state index in [1.807, 2.05) is 12.2 Å². The Hall–Kier alpha value is -2.08. The van der Waals surface area contributed by atoms with E-state index in [1.54, 1.807) is 0 Å². The fourth-order valence-electron chi connectivity index (χ4n) is 2.77. The van der Waals surface area contributed by atoms with Gasteiger partial charge in [-0.1, -0.05) is 61.7 Å². The van der Waals surface area contributed by atoms with Gasteiger partial charge in [0.25, 0.3) is 0 Å². The molecule has 0 heteroatoms. The van der Waals surface area contributed by atoms with E-state index in [1.165, 1.54) is 33.4 Å². The molecule has 0 atom stereocenters. The first-order valence-electron chi connectivity index (χ1n) is 7.09. The highest BCUT2D eigenvalue weighted by Crippen LogP contribution is 2.21. The van der Waals surface area contributed by atoms with Crippen molar-refractivity contribution in [3.05, 3.63) is 82.9 Å². The number of aryl methyl sites for hydroxylation is 4. The van der Waals surface area contributed by atoms with Crippen LogP contribution in [0.2, 0.25) is 0 Å². The molecule has 0 heterocycles. The molecule has 20 heavy (non-hydrogen) atoms. The minimum absolute atomic E-state index is 1.04. The Morgan fingerprint density at radius 1 is 0.750 bits per heavy atom. The third-order valence-electron chi connectivity index (χ3n) is 3.90. The van der Waals surface area contributed by atoms with Crippen molar-refractivity contribution in [2.75, 3.05) is 0 Å². The summed E-state index contributed by atoms with van der Waals surface area (Å²) in [6.45, 7) is 12.2. The predicted octanol–water partition coefficient (Wildman–Crippen LogP) is 5.37. The van der Waals surface area contributed by atoms with Crippen molar-refractivity contribution in [3.63, 3.8) is 0 Å². The molecular formula is C20H22. The van der Waals surface area contributed by atoms with Gasteiger partial charge < -0.3 is 0 Å². The molecule has 0 N–H and O–H groups in total. The first kappa shape index (κ1) is 14.3. The van der Waals surface area contributed by atoms with Crippen molar-refractivity contribution in [2.45, 2.75) is 26.7 Å². The molecular weight excluding hydrogens is 240 g/mol. The number of hydrogen-bond acceptors (Lipinski definition) is 0. The van der Waals surface area contributed by atoms with Gasteiger partial charge in [0.15, 0.2) is 0 Å². The summed E-state index contributed by atoms with van der Waals surface area (Å²) in [5.41, 5.74) is 7.89. The van der Waals surface area contributed by atoms with Crippen molar-refractivity contribution >= 4 is 12.2 Å². The molecule has 0 aliphatic heterocycles. The van der Waals surface area contributed by atoms with Gasteiger partial charge in [-0.25, -0.2) is 0 Å². The molecule has 0 unspecified atom stereocenters. The molecule has 0 aliphatic rings. The van der Waals surface area contributed by atoms with Gasteiger partial charge in [-0.3, -0.25) is 0 Å². The Labute approximate surface area is 122 Å². The molecule has 0 saturated carbocycles. The monoisotopic (exact) mass is 262 g/mol. The molecule has 0 bridgehead atoms. The molecule has 0 aromatic heterocycles. The Bertz CT molecular complexity index is 575. The summed E-state index contributed by atoms with van der Waals surface area (Å²) < 4.78 is 0. The van der Waals surface area contributed by atoms with E-state index < -0.39 is 0 Å². The molecule has 0 aliphatic carbocycles. The SMILES string of the molecule is C=Cc1c(C)cccc1CCc1cccc(C)c1C=C. The summed E-state index contributed by atoms with van der Waals surface area (Å²) in [4.78, 5) is 0. The van der Waals surface area contributed by atoms with Gasteiger partial charge in [-0.15, -0.1) is 0 Å². The third-order valence-corrected chi connectivity index (χ3v) is 3.90. The van der Waals surface area contributed by atoms with Crippen LogP contribution in [0, 0.1) is 13.8 Å². The minimum Gasteiger partial charge on any atom is -0.0985 e. The van der Waals surface area contributed by atoms with Crippen LogP contribution >= 0.6 is 0 Å². The number of hydrogen-bond donors (Lipinski definition) is 0. The maximum Gasteiger partial charge on any atom is -0.0201 e. The van der Waals surface area contributed by atoms with E-state index in [0.29, 0.717) is 0 Å². The maximum absolute atomic E-state index is 3.94. The van der Waals surface area contributed by atoms with Crippen molar-refractivity contribution in [1.82, 2.24) is 0 Å². The first-order chi connectivity index (χ1) is 9.67. The summed E-state index contributed by atoms with van der Waals surface area (Å²) in [6.07, 6.45) is 6.01. The number of rotatable bonds is 5. The molecule has 0 amide bonds. The second-order valence-corrected chi connectivity index (χ2v) is 5.20. The molecule has 2 aromatic rings. The van der Waals surface area contributed by atoms with E-state index in [0.717, 1.165) is 12.8 Å². The standard InChI is InChI=1S/C20H22/c1-5-19-15(3)9-7-11-17(19)13-14-18-12-8-10-16(4)20(18)6-2/h5-12H,1-2,13-14H2,3-4H3. The molecule has 0 saturated heterocycles. The largest absolute Gasteiger partial charge is 0.0985 e. The van der Waals surface area contributed by atoms with E-state index in [-0.39, 0.29) is 0 Å². The van der Waals surface area contributed by atoms with Crippen molar-refractivity contribution in [2.24, 2.45) is 0 Å². The van der Waals surface area contributed by atoms with Crippen LogP contribution < -0.4 is 0 Å². The lowest BCUT2D eigenvalue weighted by Crippen LogP contribution is -1.98. The lowest BCUT2D eigenvalue weighted by atomic mass is 9.93. The Morgan fingerprint density at radius 3 is 1.50 bits per heavy atom. The predicted molar refractivity (Wildman–Crippen MR) is 89.9 cm³/mol. The van der Waals surface area contributed by atoms with Crippen molar-refractivity contribution in [3.8, 4) is 0 Å². The van der Waals surface area contributed by atoms with Gasteiger partial charge in [0.1, 0.15) is 0 Å². The zero-order valence-electron chi connectivity index (χ0n) is 12.4. The molecule has 102 valence electrons. The van der Waals surface area contributed by atoms with Crippen LogP contribution in [0.25, 0.3) is 12.2 Å². The van der Waals surface area contributed by atoms with Crippen LogP contribution in [-0.2, 0) is 12.8 Å². The zero-order valence-corrected chi connectivity index (χ0v) is 12.4. The Balaban J connectivity index is 2.26. The summed E-state index contributed by atoms with van der Waals surface area (Å²) in [5, 5.41) is 0. The number of benzene rings is 2. The average Bonchev–Trinajstić information content (AvgIpc) is 2.45. The van der Waals surface area contributed by atoms with Gasteiger partial charge in [-0.05, 0) is 60.1 Å². The van der Waals surface area contributed by atoms with Crippen LogP contribution in [-0.4, -0.2) is 0 Å². The maximum atomic E-state index is 3.94. The van der Waals surface area contributed by atoms with Gasteiger partial charge >= 0.3 is 0 Å². The molecule has 0 nitrogen and oxygen atoms in total. The minimum atomic E-state index is 1.04. The second-order valence-electron chi connectivity index (χ2n) is 5.20. The topological polar surface area (TPSA) is 0 Å². The fourth-order valence-corrected chi connectivity index (χ4v) is 2.77. The first-order valence-corrected chi connectivity index (χ1v) is 7.09. The smallest absolute Gasteiger partial charge is 0.0201 e. The molecule has 2 aromatic carbocycles. The lowest BCUT2D eigenvalue weighted by molar-refractivity contribution is 0.950. The lowest BCUT2D eigenvalue weighted by Gasteiger charge is -2.12. The highest BCUT2D eigenvalue weighted by atomic mass is 14.1. The van der Waals surface area contributed by atoms with Gasteiger partial charge in [0, 0.05) is 0 Å². The normalized spacial score (nSPS) is 10.3. The summed E-state index contributed by atoms with van der Waals surface area (Å²) >= 11 is 0. The van der Waals surface area contributed by atoms with Crippen LogP contribution in [0.1, 0.15) is 33.4 Å².